The Balaban J connectivity index is 0.000000398. The lowest BCUT2D eigenvalue weighted by atomic mass is 10.0. The van der Waals surface area contributed by atoms with E-state index in [1.165, 1.54) is 24.1 Å². The highest BCUT2D eigenvalue weighted by Gasteiger charge is 2.27. The van der Waals surface area contributed by atoms with Crippen molar-refractivity contribution in [1.29, 1.82) is 0 Å². The van der Waals surface area contributed by atoms with Gasteiger partial charge in [-0.15, -0.1) is 0 Å². The number of ether oxygens (including phenoxy) is 2. The van der Waals surface area contributed by atoms with E-state index in [2.05, 4.69) is 65.4 Å². The first-order chi connectivity index (χ1) is 16.5. The molecule has 1 saturated heterocycles. The van der Waals surface area contributed by atoms with Crippen molar-refractivity contribution in [2.24, 2.45) is 11.7 Å². The lowest BCUT2D eigenvalue weighted by Gasteiger charge is -2.41. The zero-order valence-electron chi connectivity index (χ0n) is 20.6. The number of amides is 1. The maximum atomic E-state index is 9.98. The summed E-state index contributed by atoms with van der Waals surface area (Å²) >= 11 is 0. The number of nitrogens with two attached hydrogens (primary N) is 1. The third-order valence-corrected chi connectivity index (χ3v) is 7.18. The minimum atomic E-state index is -0.130. The molecule has 0 unspecified atom stereocenters. The van der Waals surface area contributed by atoms with Crippen LogP contribution in [0.2, 0.25) is 0 Å². The second-order valence-corrected chi connectivity index (χ2v) is 9.81. The van der Waals surface area contributed by atoms with Gasteiger partial charge >= 0.3 is 0 Å². The molecule has 1 amide bonds. The van der Waals surface area contributed by atoms with E-state index in [-0.39, 0.29) is 11.8 Å². The zero-order chi connectivity index (χ0) is 23.9. The molecule has 1 heterocycles. The molecule has 34 heavy (non-hydrogen) atoms. The molecule has 0 bridgehead atoms. The van der Waals surface area contributed by atoms with Crippen LogP contribution in [-0.2, 0) is 11.2 Å². The van der Waals surface area contributed by atoms with E-state index in [9.17, 15) is 4.79 Å². The Kier molecular flexibility index (Phi) is 8.33. The number of rotatable bonds is 7. The fourth-order valence-electron chi connectivity index (χ4n) is 4.79. The van der Waals surface area contributed by atoms with Crippen LogP contribution in [0.1, 0.15) is 44.1 Å². The van der Waals surface area contributed by atoms with Gasteiger partial charge in [0.25, 0.3) is 0 Å². The van der Waals surface area contributed by atoms with Crippen LogP contribution in [0.15, 0.2) is 48.5 Å². The zero-order valence-corrected chi connectivity index (χ0v) is 20.6. The van der Waals surface area contributed by atoms with Crippen molar-refractivity contribution < 1.29 is 14.3 Å². The van der Waals surface area contributed by atoms with Gasteiger partial charge in [0.05, 0.1) is 13.2 Å². The Morgan fingerprint density at radius 1 is 1.00 bits per heavy atom. The van der Waals surface area contributed by atoms with Crippen molar-refractivity contribution in [3.8, 4) is 11.5 Å². The molecule has 2 aromatic rings. The first kappa shape index (κ1) is 24.4. The number of anilines is 1. The van der Waals surface area contributed by atoms with Gasteiger partial charge in [0, 0.05) is 43.3 Å². The van der Waals surface area contributed by atoms with Crippen molar-refractivity contribution in [3.63, 3.8) is 0 Å². The molecule has 2 N–H and O–H groups in total. The molecule has 184 valence electrons. The number of piperazine rings is 1. The SMILES string of the molecule is COc1ccc(N2CCN(C)[C@@H](Cc3ccccc3)C2)cc1OC1CCCC1.NC(=O)C1CC1. The second-order valence-electron chi connectivity index (χ2n) is 9.81. The highest BCUT2D eigenvalue weighted by atomic mass is 16.5. The van der Waals surface area contributed by atoms with Crippen molar-refractivity contribution in [2.75, 3.05) is 38.7 Å². The summed E-state index contributed by atoms with van der Waals surface area (Å²) in [5, 5.41) is 0. The molecule has 3 fully saturated rings. The molecule has 6 nitrogen and oxygen atoms in total. The standard InChI is InChI=1S/C24H32N2O2.C4H7NO/c1-25-14-15-26(18-21(25)16-19-8-4-3-5-9-19)20-12-13-23(27-2)24(17-20)28-22-10-6-7-11-22;5-4(6)3-1-2-3/h3-5,8-9,12-13,17,21-22H,6-7,10-11,14-16,18H2,1-2H3;3H,1-2H2,(H2,5,6)/t21-;/m0./s1. The van der Waals surface area contributed by atoms with Gasteiger partial charge in [0.15, 0.2) is 11.5 Å². The number of carbonyl (C=O) groups is 1. The summed E-state index contributed by atoms with van der Waals surface area (Å²) in [5.41, 5.74) is 7.50. The van der Waals surface area contributed by atoms with Gasteiger partial charge in [0.2, 0.25) is 5.91 Å². The second kappa shape index (κ2) is 11.6. The first-order valence-electron chi connectivity index (χ1n) is 12.7. The minimum absolute atomic E-state index is 0.130. The van der Waals surface area contributed by atoms with Crippen molar-refractivity contribution >= 4 is 11.6 Å². The molecule has 1 atom stereocenters. The molecule has 5 rings (SSSR count). The normalized spacial score (nSPS) is 21.0. The van der Waals surface area contributed by atoms with Crippen LogP contribution in [0, 0.1) is 5.92 Å². The summed E-state index contributed by atoms with van der Waals surface area (Å²) in [5.74, 6) is 1.84. The van der Waals surface area contributed by atoms with E-state index in [0.717, 1.165) is 63.2 Å². The summed E-state index contributed by atoms with van der Waals surface area (Å²) < 4.78 is 11.9. The van der Waals surface area contributed by atoms with Gasteiger partial charge in [-0.25, -0.2) is 0 Å². The average molecular weight is 466 g/mol. The highest BCUT2D eigenvalue weighted by Crippen LogP contribution is 2.35. The molecule has 0 aromatic heterocycles. The average Bonchev–Trinajstić information content (AvgIpc) is 3.59. The summed E-state index contributed by atoms with van der Waals surface area (Å²) in [6, 6.07) is 17.7. The number of primary amides is 1. The van der Waals surface area contributed by atoms with Gasteiger partial charge in [0.1, 0.15) is 0 Å². The third kappa shape index (κ3) is 6.66. The van der Waals surface area contributed by atoms with Gasteiger partial charge < -0.3 is 20.1 Å². The van der Waals surface area contributed by atoms with Crippen LogP contribution in [0.4, 0.5) is 5.69 Å². The number of hydrogen-bond acceptors (Lipinski definition) is 5. The number of hydrogen-bond donors (Lipinski definition) is 1. The number of likely N-dealkylation sites (N-methyl/N-ethyl adjacent to an activating group) is 1. The van der Waals surface area contributed by atoms with Crippen molar-refractivity contribution in [1.82, 2.24) is 4.90 Å². The predicted molar refractivity (Wildman–Crippen MR) is 137 cm³/mol. The monoisotopic (exact) mass is 465 g/mol. The van der Waals surface area contributed by atoms with E-state index in [1.54, 1.807) is 7.11 Å². The molecule has 6 heteroatoms. The maximum absolute atomic E-state index is 9.98. The fourth-order valence-corrected chi connectivity index (χ4v) is 4.79. The van der Waals surface area contributed by atoms with Crippen LogP contribution in [0.25, 0.3) is 0 Å². The summed E-state index contributed by atoms with van der Waals surface area (Å²) in [7, 11) is 3.97. The quantitative estimate of drug-likeness (QED) is 0.662. The summed E-state index contributed by atoms with van der Waals surface area (Å²) in [4.78, 5) is 15.0. The van der Waals surface area contributed by atoms with Gasteiger partial charge in [-0.2, -0.15) is 0 Å². The Morgan fingerprint density at radius 2 is 1.74 bits per heavy atom. The smallest absolute Gasteiger partial charge is 0.220 e. The Bertz CT molecular complexity index is 926. The summed E-state index contributed by atoms with van der Waals surface area (Å²) in [6.45, 7) is 3.14. The number of benzene rings is 2. The van der Waals surface area contributed by atoms with Gasteiger partial charge in [-0.05, 0) is 69.7 Å². The molecular formula is C28H39N3O3. The van der Waals surface area contributed by atoms with E-state index in [1.807, 2.05) is 0 Å². The van der Waals surface area contributed by atoms with E-state index in [4.69, 9.17) is 15.2 Å². The lowest BCUT2D eigenvalue weighted by molar-refractivity contribution is -0.119. The predicted octanol–water partition coefficient (Wildman–Crippen LogP) is 4.26. The lowest BCUT2D eigenvalue weighted by Crippen LogP contribution is -2.52. The molecular weight excluding hydrogens is 426 g/mol. The maximum Gasteiger partial charge on any atom is 0.220 e. The number of methoxy groups -OCH3 is 1. The molecule has 1 aliphatic heterocycles. The molecule has 2 aromatic carbocycles. The molecule has 2 aliphatic carbocycles. The topological polar surface area (TPSA) is 68.0 Å². The number of nitrogens with zero attached hydrogens (tertiary/aromatic N) is 2. The third-order valence-electron chi connectivity index (χ3n) is 7.18. The van der Waals surface area contributed by atoms with Crippen LogP contribution in [0.5, 0.6) is 11.5 Å². The van der Waals surface area contributed by atoms with Crippen LogP contribution in [0.3, 0.4) is 0 Å². The van der Waals surface area contributed by atoms with E-state index < -0.39 is 0 Å². The number of carbonyl (C=O) groups excluding carboxylic acids is 1. The van der Waals surface area contributed by atoms with Crippen molar-refractivity contribution in [3.05, 3.63) is 54.1 Å². The fraction of sp³-hybridized carbons (Fsp3) is 0.536. The van der Waals surface area contributed by atoms with Crippen LogP contribution in [-0.4, -0.2) is 56.7 Å². The molecule has 2 saturated carbocycles. The van der Waals surface area contributed by atoms with E-state index >= 15 is 0 Å². The Labute approximate surface area is 204 Å². The van der Waals surface area contributed by atoms with Crippen LogP contribution >= 0.6 is 0 Å². The molecule has 0 radical (unpaired) electrons. The Morgan fingerprint density at radius 3 is 2.35 bits per heavy atom. The van der Waals surface area contributed by atoms with Crippen LogP contribution < -0.4 is 20.1 Å². The van der Waals surface area contributed by atoms with Gasteiger partial charge in [-0.3, -0.25) is 9.69 Å². The van der Waals surface area contributed by atoms with E-state index in [0.29, 0.717) is 12.1 Å². The Hall–Kier alpha value is -2.73. The first-order valence-corrected chi connectivity index (χ1v) is 12.7. The molecule has 0 spiro atoms. The summed E-state index contributed by atoms with van der Waals surface area (Å²) in [6.07, 6.45) is 8.31. The minimum Gasteiger partial charge on any atom is -0.493 e. The van der Waals surface area contributed by atoms with Gasteiger partial charge in [-0.1, -0.05) is 30.3 Å². The highest BCUT2D eigenvalue weighted by molar-refractivity contribution is 5.78. The van der Waals surface area contributed by atoms with Crippen molar-refractivity contribution in [2.45, 2.75) is 57.1 Å². The largest absolute Gasteiger partial charge is 0.493 e. The molecule has 3 aliphatic rings.